The Bertz CT molecular complexity index is 723. The topological polar surface area (TPSA) is 97.2 Å². The summed E-state index contributed by atoms with van der Waals surface area (Å²) in [5.74, 6) is 0.949. The van der Waals surface area contributed by atoms with Crippen LogP contribution in [0.25, 0.3) is 0 Å². The summed E-state index contributed by atoms with van der Waals surface area (Å²) in [7, 11) is 0. The van der Waals surface area contributed by atoms with Crippen molar-refractivity contribution < 1.29 is 14.6 Å². The molecule has 2 aromatic rings. The highest BCUT2D eigenvalue weighted by Gasteiger charge is 2.37. The lowest BCUT2D eigenvalue weighted by Crippen LogP contribution is -2.44. The van der Waals surface area contributed by atoms with E-state index in [0.29, 0.717) is 35.7 Å². The van der Waals surface area contributed by atoms with E-state index in [0.717, 1.165) is 0 Å². The van der Waals surface area contributed by atoms with Crippen LogP contribution in [0.1, 0.15) is 34.7 Å². The lowest BCUT2D eigenvalue weighted by atomic mass is 10.1. The summed E-state index contributed by atoms with van der Waals surface area (Å²) in [6.07, 6.45) is 4.93. The van der Waals surface area contributed by atoms with Gasteiger partial charge in [-0.15, -0.1) is 0 Å². The molecule has 126 valence electrons. The van der Waals surface area contributed by atoms with Crippen molar-refractivity contribution in [3.05, 3.63) is 47.8 Å². The molecule has 0 saturated heterocycles. The van der Waals surface area contributed by atoms with E-state index in [9.17, 15) is 9.90 Å². The molecular formula is C17H20N4O3. The lowest BCUT2D eigenvalue weighted by molar-refractivity contribution is 0.0432. The molecule has 2 heterocycles. The van der Waals surface area contributed by atoms with E-state index in [-0.39, 0.29) is 18.1 Å². The van der Waals surface area contributed by atoms with Gasteiger partial charge in [0.1, 0.15) is 23.8 Å². The van der Waals surface area contributed by atoms with Crippen LogP contribution in [-0.4, -0.2) is 44.2 Å². The third-order valence-electron chi connectivity index (χ3n) is 4.14. The maximum absolute atomic E-state index is 12.4. The van der Waals surface area contributed by atoms with Crippen molar-refractivity contribution in [1.82, 2.24) is 20.3 Å². The van der Waals surface area contributed by atoms with Crippen LogP contribution >= 0.6 is 0 Å². The molecule has 0 unspecified atom stereocenters. The molecule has 1 fully saturated rings. The van der Waals surface area contributed by atoms with Gasteiger partial charge in [0.25, 0.3) is 5.91 Å². The average molecular weight is 328 g/mol. The minimum atomic E-state index is -0.777. The van der Waals surface area contributed by atoms with E-state index in [1.54, 1.807) is 38.4 Å². The van der Waals surface area contributed by atoms with Crippen LogP contribution in [0.5, 0.6) is 5.75 Å². The summed E-state index contributed by atoms with van der Waals surface area (Å²) in [5, 5.41) is 13.3. The molecular weight excluding hydrogens is 308 g/mol. The van der Waals surface area contributed by atoms with Gasteiger partial charge in [-0.3, -0.25) is 9.78 Å². The van der Waals surface area contributed by atoms with Crippen LogP contribution in [0.2, 0.25) is 0 Å². The van der Waals surface area contributed by atoms with Gasteiger partial charge in [0.15, 0.2) is 0 Å². The minimum absolute atomic E-state index is 0.279. The number of ether oxygens (including phenoxy) is 1. The zero-order chi connectivity index (χ0) is 17.1. The fourth-order valence-corrected chi connectivity index (χ4v) is 2.87. The molecule has 7 heteroatoms. The normalized spacial score (nSPS) is 23.0. The standard InChI is InChI=1S/C17H20N4O3/c1-10-13(9-19-11(2)20-10)17(23)21-14-5-6-15(16(14)22)24-12-4-3-7-18-8-12/h3-4,7-9,14-16,22H,5-6H2,1-2H3,(H,21,23)/t14-,15-,16-/m1/s1. The lowest BCUT2D eigenvalue weighted by Gasteiger charge is -2.21. The first kappa shape index (κ1) is 16.3. The number of carbonyl (C=O) groups excluding carboxylic acids is 1. The molecule has 1 saturated carbocycles. The number of amides is 1. The van der Waals surface area contributed by atoms with Crippen LogP contribution in [0.4, 0.5) is 0 Å². The highest BCUT2D eigenvalue weighted by Crippen LogP contribution is 2.25. The zero-order valence-corrected chi connectivity index (χ0v) is 13.6. The fourth-order valence-electron chi connectivity index (χ4n) is 2.87. The van der Waals surface area contributed by atoms with Gasteiger partial charge in [0.2, 0.25) is 0 Å². The monoisotopic (exact) mass is 328 g/mol. The van der Waals surface area contributed by atoms with E-state index >= 15 is 0 Å². The Morgan fingerprint density at radius 2 is 2.17 bits per heavy atom. The number of hydrogen-bond donors (Lipinski definition) is 2. The Labute approximate surface area is 140 Å². The van der Waals surface area contributed by atoms with Gasteiger partial charge in [-0.1, -0.05) is 0 Å². The summed E-state index contributed by atoms with van der Waals surface area (Å²) in [5.41, 5.74) is 1.04. The van der Waals surface area contributed by atoms with Crippen molar-refractivity contribution in [2.45, 2.75) is 44.9 Å². The van der Waals surface area contributed by atoms with Crippen LogP contribution in [-0.2, 0) is 0 Å². The van der Waals surface area contributed by atoms with E-state index in [4.69, 9.17) is 4.74 Å². The Morgan fingerprint density at radius 3 is 2.88 bits per heavy atom. The average Bonchev–Trinajstić information content (AvgIpc) is 2.89. The molecule has 3 atom stereocenters. The number of nitrogens with zero attached hydrogens (tertiary/aromatic N) is 3. The molecule has 1 aliphatic carbocycles. The maximum atomic E-state index is 12.4. The molecule has 0 aromatic carbocycles. The van der Waals surface area contributed by atoms with E-state index in [1.807, 2.05) is 0 Å². The third kappa shape index (κ3) is 3.51. The number of nitrogens with one attached hydrogen (secondary N) is 1. The van der Waals surface area contributed by atoms with Gasteiger partial charge >= 0.3 is 0 Å². The van der Waals surface area contributed by atoms with E-state index in [1.165, 1.54) is 6.20 Å². The van der Waals surface area contributed by atoms with Crippen molar-refractivity contribution in [2.24, 2.45) is 0 Å². The van der Waals surface area contributed by atoms with Gasteiger partial charge in [-0.2, -0.15) is 0 Å². The highest BCUT2D eigenvalue weighted by atomic mass is 16.5. The number of pyridine rings is 1. The highest BCUT2D eigenvalue weighted by molar-refractivity contribution is 5.95. The number of carbonyl (C=O) groups is 1. The summed E-state index contributed by atoms with van der Waals surface area (Å²) >= 11 is 0. The Hall–Kier alpha value is -2.54. The molecule has 0 spiro atoms. The first-order valence-corrected chi connectivity index (χ1v) is 7.90. The second-order valence-corrected chi connectivity index (χ2v) is 5.91. The number of aromatic nitrogens is 3. The SMILES string of the molecule is Cc1ncc(C(=O)N[C@@H]2CC[C@@H](Oc3cccnc3)[C@@H]2O)c(C)n1. The predicted octanol–water partition coefficient (Wildman–Crippen LogP) is 1.19. The summed E-state index contributed by atoms with van der Waals surface area (Å²) in [4.78, 5) is 24.6. The number of rotatable bonds is 4. The molecule has 1 aliphatic rings. The molecule has 24 heavy (non-hydrogen) atoms. The molecule has 0 aliphatic heterocycles. The van der Waals surface area contributed by atoms with Crippen molar-refractivity contribution in [1.29, 1.82) is 0 Å². The Morgan fingerprint density at radius 1 is 1.33 bits per heavy atom. The summed E-state index contributed by atoms with van der Waals surface area (Å²) in [6.45, 7) is 3.54. The van der Waals surface area contributed by atoms with Gasteiger partial charge in [-0.25, -0.2) is 9.97 Å². The molecule has 7 nitrogen and oxygen atoms in total. The van der Waals surface area contributed by atoms with Crippen molar-refractivity contribution in [3.63, 3.8) is 0 Å². The van der Waals surface area contributed by atoms with Gasteiger partial charge in [0.05, 0.1) is 23.5 Å². The Balaban J connectivity index is 1.63. The van der Waals surface area contributed by atoms with Crippen molar-refractivity contribution in [3.8, 4) is 5.75 Å². The predicted molar refractivity (Wildman–Crippen MR) is 86.7 cm³/mol. The minimum Gasteiger partial charge on any atom is -0.486 e. The quantitative estimate of drug-likeness (QED) is 0.875. The second kappa shape index (κ2) is 6.92. The first-order valence-electron chi connectivity index (χ1n) is 7.90. The molecule has 0 radical (unpaired) electrons. The summed E-state index contributed by atoms with van der Waals surface area (Å²) in [6, 6.07) is 3.20. The van der Waals surface area contributed by atoms with E-state index < -0.39 is 6.10 Å². The van der Waals surface area contributed by atoms with Crippen LogP contribution in [0, 0.1) is 13.8 Å². The number of aryl methyl sites for hydroxylation is 2. The third-order valence-corrected chi connectivity index (χ3v) is 4.14. The molecule has 0 bridgehead atoms. The second-order valence-electron chi connectivity index (χ2n) is 5.91. The molecule has 1 amide bonds. The Kier molecular flexibility index (Phi) is 4.71. The summed E-state index contributed by atoms with van der Waals surface area (Å²) < 4.78 is 5.76. The van der Waals surface area contributed by atoms with Crippen LogP contribution in [0.3, 0.4) is 0 Å². The van der Waals surface area contributed by atoms with Gasteiger partial charge in [0, 0.05) is 12.4 Å². The van der Waals surface area contributed by atoms with Crippen LogP contribution in [0.15, 0.2) is 30.7 Å². The van der Waals surface area contributed by atoms with Gasteiger partial charge in [-0.05, 0) is 38.8 Å². The zero-order valence-electron chi connectivity index (χ0n) is 13.6. The molecule has 2 aromatic heterocycles. The van der Waals surface area contributed by atoms with E-state index in [2.05, 4.69) is 20.3 Å². The van der Waals surface area contributed by atoms with Crippen molar-refractivity contribution >= 4 is 5.91 Å². The fraction of sp³-hybridized carbons (Fsp3) is 0.412. The number of aliphatic hydroxyl groups is 1. The van der Waals surface area contributed by atoms with Gasteiger partial charge < -0.3 is 15.2 Å². The number of aliphatic hydroxyl groups excluding tert-OH is 1. The maximum Gasteiger partial charge on any atom is 0.255 e. The van der Waals surface area contributed by atoms with Crippen LogP contribution < -0.4 is 10.1 Å². The molecule has 2 N–H and O–H groups in total. The smallest absolute Gasteiger partial charge is 0.255 e. The molecule has 3 rings (SSSR count). The van der Waals surface area contributed by atoms with Crippen molar-refractivity contribution in [2.75, 3.05) is 0 Å². The first-order chi connectivity index (χ1) is 11.5. The number of hydrogen-bond acceptors (Lipinski definition) is 6. The largest absolute Gasteiger partial charge is 0.486 e.